The fraction of sp³-hybridized carbons (Fsp3) is 0.760. The first kappa shape index (κ1) is 25.5. The van der Waals surface area contributed by atoms with Crippen molar-refractivity contribution in [3.63, 3.8) is 0 Å². The molecule has 0 saturated heterocycles. The van der Waals surface area contributed by atoms with E-state index in [4.69, 9.17) is 9.47 Å². The Morgan fingerprint density at radius 2 is 1.76 bits per heavy atom. The number of rotatable bonds is 18. The summed E-state index contributed by atoms with van der Waals surface area (Å²) in [5.74, 6) is 1.24. The third kappa shape index (κ3) is 11.9. The minimum Gasteiger partial charge on any atom is -0.466 e. The number of hydrogen-bond donors (Lipinski definition) is 0. The molecule has 0 radical (unpaired) electrons. The number of unbranched alkanes of at least 4 members (excludes halogenated alkanes) is 8. The van der Waals surface area contributed by atoms with Gasteiger partial charge >= 0.3 is 5.97 Å². The quantitative estimate of drug-likeness (QED) is 0.106. The van der Waals surface area contributed by atoms with Crippen LogP contribution in [-0.4, -0.2) is 19.0 Å². The summed E-state index contributed by atoms with van der Waals surface area (Å²) in [7, 11) is 0. The first-order valence-corrected chi connectivity index (χ1v) is 11.9. The van der Waals surface area contributed by atoms with Crippen molar-refractivity contribution >= 4 is 12.4 Å². The van der Waals surface area contributed by atoms with Gasteiger partial charge in [0, 0.05) is 18.8 Å². The summed E-state index contributed by atoms with van der Waals surface area (Å²) in [5, 5.41) is 0. The van der Waals surface area contributed by atoms with Gasteiger partial charge in [-0.25, -0.2) is 0 Å². The molecule has 1 atom stereocenters. The molecule has 0 spiro atoms. The first-order valence-electron chi connectivity index (χ1n) is 11.9. The minimum atomic E-state index is -0.0669. The highest BCUT2D eigenvalue weighted by Crippen LogP contribution is 2.36. The average Bonchev–Trinajstić information content (AvgIpc) is 3.09. The zero-order valence-corrected chi connectivity index (χ0v) is 18.8. The van der Waals surface area contributed by atoms with Crippen molar-refractivity contribution in [1.29, 1.82) is 0 Å². The molecule has 4 heteroatoms. The molecule has 0 saturated carbocycles. The number of carbonyl (C=O) groups is 2. The largest absolute Gasteiger partial charge is 0.466 e. The van der Waals surface area contributed by atoms with Gasteiger partial charge < -0.3 is 9.47 Å². The molecule has 4 nitrogen and oxygen atoms in total. The van der Waals surface area contributed by atoms with Crippen molar-refractivity contribution in [1.82, 2.24) is 0 Å². The van der Waals surface area contributed by atoms with Gasteiger partial charge in [0.1, 0.15) is 5.76 Å². The Morgan fingerprint density at radius 1 is 1.00 bits per heavy atom. The molecule has 0 heterocycles. The molecule has 0 aromatic carbocycles. The maximum atomic E-state index is 11.6. The SMILES string of the molecule is CCCCCC/C=C/C1CCC(OC=O)=C1CCCCCCC(=O)OCCCC. The fourth-order valence-corrected chi connectivity index (χ4v) is 3.85. The van der Waals surface area contributed by atoms with E-state index in [1.54, 1.807) is 0 Å². The zero-order chi connectivity index (χ0) is 21.2. The van der Waals surface area contributed by atoms with Gasteiger partial charge in [-0.3, -0.25) is 9.59 Å². The predicted molar refractivity (Wildman–Crippen MR) is 118 cm³/mol. The number of carbonyl (C=O) groups excluding carboxylic acids is 2. The molecule has 0 bridgehead atoms. The molecule has 166 valence electrons. The molecule has 29 heavy (non-hydrogen) atoms. The van der Waals surface area contributed by atoms with Crippen LogP contribution >= 0.6 is 0 Å². The Morgan fingerprint density at radius 3 is 2.52 bits per heavy atom. The lowest BCUT2D eigenvalue weighted by molar-refractivity contribution is -0.143. The second-order valence-corrected chi connectivity index (χ2v) is 8.07. The molecule has 1 aliphatic rings. The lowest BCUT2D eigenvalue weighted by Crippen LogP contribution is -2.05. The topological polar surface area (TPSA) is 52.6 Å². The van der Waals surface area contributed by atoms with Crippen LogP contribution < -0.4 is 0 Å². The fourth-order valence-electron chi connectivity index (χ4n) is 3.85. The van der Waals surface area contributed by atoms with E-state index in [0.717, 1.165) is 70.0 Å². The normalized spacial score (nSPS) is 16.6. The molecule has 0 aromatic heterocycles. The highest BCUT2D eigenvalue weighted by Gasteiger charge is 2.24. The van der Waals surface area contributed by atoms with Gasteiger partial charge in [0.2, 0.25) is 0 Å². The number of esters is 1. The lowest BCUT2D eigenvalue weighted by atomic mass is 9.95. The Bertz CT molecular complexity index is 507. The van der Waals surface area contributed by atoms with Gasteiger partial charge in [0.05, 0.1) is 6.61 Å². The van der Waals surface area contributed by atoms with Gasteiger partial charge in [-0.15, -0.1) is 0 Å². The van der Waals surface area contributed by atoms with Crippen molar-refractivity contribution in [3.8, 4) is 0 Å². The Kier molecular flexibility index (Phi) is 15.2. The highest BCUT2D eigenvalue weighted by molar-refractivity contribution is 5.69. The highest BCUT2D eigenvalue weighted by atomic mass is 16.5. The molecule has 1 rings (SSSR count). The van der Waals surface area contributed by atoms with Crippen molar-refractivity contribution in [3.05, 3.63) is 23.5 Å². The van der Waals surface area contributed by atoms with E-state index in [-0.39, 0.29) is 5.97 Å². The van der Waals surface area contributed by atoms with Crippen LogP contribution in [0.15, 0.2) is 23.5 Å². The Balaban J connectivity index is 2.29. The van der Waals surface area contributed by atoms with Crippen molar-refractivity contribution < 1.29 is 19.1 Å². The van der Waals surface area contributed by atoms with Crippen LogP contribution in [0.3, 0.4) is 0 Å². The minimum absolute atomic E-state index is 0.0669. The first-order chi connectivity index (χ1) is 14.2. The third-order valence-electron chi connectivity index (χ3n) is 5.61. The molecular weight excluding hydrogens is 364 g/mol. The number of hydrogen-bond acceptors (Lipinski definition) is 4. The zero-order valence-electron chi connectivity index (χ0n) is 18.8. The van der Waals surface area contributed by atoms with Crippen molar-refractivity contribution in [2.45, 2.75) is 110 Å². The summed E-state index contributed by atoms with van der Waals surface area (Å²) in [5.41, 5.74) is 1.31. The maximum Gasteiger partial charge on any atom is 0.305 e. The smallest absolute Gasteiger partial charge is 0.305 e. The van der Waals surface area contributed by atoms with Crippen LogP contribution in [0.2, 0.25) is 0 Å². The van der Waals surface area contributed by atoms with Gasteiger partial charge in [-0.05, 0) is 50.5 Å². The monoisotopic (exact) mass is 406 g/mol. The number of ether oxygens (including phenoxy) is 2. The van der Waals surface area contributed by atoms with Crippen LogP contribution in [0, 0.1) is 5.92 Å². The molecule has 0 amide bonds. The summed E-state index contributed by atoms with van der Waals surface area (Å²) in [4.78, 5) is 22.4. The summed E-state index contributed by atoms with van der Waals surface area (Å²) < 4.78 is 10.5. The van der Waals surface area contributed by atoms with Crippen LogP contribution in [0.4, 0.5) is 0 Å². The molecular formula is C25H42O4. The van der Waals surface area contributed by atoms with E-state index < -0.39 is 0 Å². The van der Waals surface area contributed by atoms with Crippen LogP contribution in [-0.2, 0) is 19.1 Å². The van der Waals surface area contributed by atoms with Gasteiger partial charge in [-0.2, -0.15) is 0 Å². The van der Waals surface area contributed by atoms with Gasteiger partial charge in [0.15, 0.2) is 0 Å². The predicted octanol–water partition coefficient (Wildman–Crippen LogP) is 7.03. The second-order valence-electron chi connectivity index (χ2n) is 8.07. The van der Waals surface area contributed by atoms with E-state index in [2.05, 4.69) is 26.0 Å². The summed E-state index contributed by atoms with van der Waals surface area (Å²) >= 11 is 0. The van der Waals surface area contributed by atoms with Crippen LogP contribution in [0.1, 0.15) is 110 Å². The summed E-state index contributed by atoms with van der Waals surface area (Å²) in [6.07, 6.45) is 20.4. The van der Waals surface area contributed by atoms with Gasteiger partial charge in [-0.1, -0.05) is 64.5 Å². The molecule has 0 N–H and O–H groups in total. The maximum absolute atomic E-state index is 11.6. The summed E-state index contributed by atoms with van der Waals surface area (Å²) in [6, 6.07) is 0. The van der Waals surface area contributed by atoms with E-state index in [9.17, 15) is 9.59 Å². The standard InChI is InChI=1S/C25H42O4/c1-3-5-7-8-9-12-15-22-18-19-24(29-21-26)23(22)16-13-10-11-14-17-25(27)28-20-6-4-2/h12,15,21-22H,3-11,13-14,16-20H2,1-2H3/b15-12+. The van der Waals surface area contributed by atoms with E-state index >= 15 is 0 Å². The number of allylic oxidation sites excluding steroid dienone is 4. The Hall–Kier alpha value is -1.58. The van der Waals surface area contributed by atoms with Crippen molar-refractivity contribution in [2.75, 3.05) is 6.61 Å². The van der Waals surface area contributed by atoms with Crippen molar-refractivity contribution in [2.24, 2.45) is 5.92 Å². The molecule has 0 aromatic rings. The Labute approximate surface area is 178 Å². The summed E-state index contributed by atoms with van der Waals surface area (Å²) in [6.45, 7) is 5.44. The van der Waals surface area contributed by atoms with E-state index in [1.165, 1.54) is 31.3 Å². The van der Waals surface area contributed by atoms with E-state index in [0.29, 0.717) is 25.4 Å². The third-order valence-corrected chi connectivity index (χ3v) is 5.61. The van der Waals surface area contributed by atoms with Crippen LogP contribution in [0.5, 0.6) is 0 Å². The van der Waals surface area contributed by atoms with E-state index in [1.807, 2.05) is 0 Å². The van der Waals surface area contributed by atoms with Gasteiger partial charge in [0.25, 0.3) is 6.47 Å². The molecule has 1 aliphatic carbocycles. The molecule has 0 fully saturated rings. The second kappa shape index (κ2) is 17.3. The molecule has 1 unspecified atom stereocenters. The van der Waals surface area contributed by atoms with Crippen LogP contribution in [0.25, 0.3) is 0 Å². The lowest BCUT2D eigenvalue weighted by Gasteiger charge is -2.12. The average molecular weight is 407 g/mol. The molecule has 0 aliphatic heterocycles.